The molecule has 1 aromatic heterocycles. The summed E-state index contributed by atoms with van der Waals surface area (Å²) in [6, 6.07) is 15.8. The number of fused-ring (bicyclic) bond motifs is 1. The topological polar surface area (TPSA) is 45.7 Å². The molecule has 2 aromatic carbocycles. The standard InChI is InChI=1S/C20H20BrN3O2S/c21-15-5-1-3-7-17(15)26-14-20(25)24-11-9-23(10-12-24)13-19-22-16-6-2-4-8-18(16)27-19/h1-8H,9-14H2. The van der Waals surface area contributed by atoms with Gasteiger partial charge in [0.05, 0.1) is 21.2 Å². The lowest BCUT2D eigenvalue weighted by Crippen LogP contribution is -2.49. The number of thiazole rings is 1. The lowest BCUT2D eigenvalue weighted by Gasteiger charge is -2.34. The number of carbonyl (C=O) groups excluding carboxylic acids is 1. The van der Waals surface area contributed by atoms with Crippen LogP contribution in [0.4, 0.5) is 0 Å². The number of halogens is 1. The molecule has 0 radical (unpaired) electrons. The van der Waals surface area contributed by atoms with Crippen molar-refractivity contribution in [3.8, 4) is 5.75 Å². The van der Waals surface area contributed by atoms with Crippen molar-refractivity contribution >= 4 is 43.4 Å². The molecular formula is C20H20BrN3O2S. The van der Waals surface area contributed by atoms with Crippen molar-refractivity contribution in [3.63, 3.8) is 0 Å². The molecule has 1 saturated heterocycles. The van der Waals surface area contributed by atoms with Crippen LogP contribution >= 0.6 is 27.3 Å². The number of amides is 1. The Hall–Kier alpha value is -1.96. The molecule has 7 heteroatoms. The minimum atomic E-state index is 0.0328. The van der Waals surface area contributed by atoms with E-state index in [1.165, 1.54) is 4.70 Å². The van der Waals surface area contributed by atoms with Gasteiger partial charge in [0.25, 0.3) is 5.91 Å². The summed E-state index contributed by atoms with van der Waals surface area (Å²) in [7, 11) is 0. The van der Waals surface area contributed by atoms with Gasteiger partial charge in [-0.25, -0.2) is 4.98 Å². The van der Waals surface area contributed by atoms with Crippen LogP contribution < -0.4 is 4.74 Å². The van der Waals surface area contributed by atoms with Gasteiger partial charge in [-0.1, -0.05) is 24.3 Å². The van der Waals surface area contributed by atoms with Crippen LogP contribution in [0.5, 0.6) is 5.75 Å². The predicted octanol–water partition coefficient (Wildman–Crippen LogP) is 3.78. The second kappa shape index (κ2) is 8.37. The molecule has 0 spiro atoms. The van der Waals surface area contributed by atoms with Crippen LogP contribution in [0.15, 0.2) is 53.0 Å². The Bertz CT molecular complexity index is 905. The summed E-state index contributed by atoms with van der Waals surface area (Å²) in [6.07, 6.45) is 0. The number of ether oxygens (including phenoxy) is 1. The normalized spacial score (nSPS) is 15.2. The lowest BCUT2D eigenvalue weighted by atomic mass is 10.3. The third kappa shape index (κ3) is 4.48. The van der Waals surface area contributed by atoms with E-state index in [0.717, 1.165) is 47.7 Å². The number of hydrogen-bond donors (Lipinski definition) is 0. The van der Waals surface area contributed by atoms with Gasteiger partial charge >= 0.3 is 0 Å². The van der Waals surface area contributed by atoms with E-state index in [1.807, 2.05) is 41.3 Å². The highest BCUT2D eigenvalue weighted by Crippen LogP contribution is 2.24. The van der Waals surface area contributed by atoms with Crippen LogP contribution in [0.2, 0.25) is 0 Å². The summed E-state index contributed by atoms with van der Waals surface area (Å²) in [4.78, 5) is 21.4. The molecule has 3 aromatic rings. The highest BCUT2D eigenvalue weighted by Gasteiger charge is 2.22. The molecule has 0 unspecified atom stereocenters. The van der Waals surface area contributed by atoms with Crippen molar-refractivity contribution in [3.05, 3.63) is 58.0 Å². The maximum atomic E-state index is 12.4. The van der Waals surface area contributed by atoms with E-state index in [-0.39, 0.29) is 12.5 Å². The van der Waals surface area contributed by atoms with Crippen molar-refractivity contribution in [1.82, 2.24) is 14.8 Å². The molecule has 5 nitrogen and oxygen atoms in total. The van der Waals surface area contributed by atoms with Gasteiger partial charge in [0.1, 0.15) is 10.8 Å². The third-order valence-corrected chi connectivity index (χ3v) is 6.29. The predicted molar refractivity (Wildman–Crippen MR) is 111 cm³/mol. The van der Waals surface area contributed by atoms with Crippen molar-refractivity contribution in [1.29, 1.82) is 0 Å². The van der Waals surface area contributed by atoms with Crippen LogP contribution in [-0.2, 0) is 11.3 Å². The Morgan fingerprint density at radius 3 is 2.59 bits per heavy atom. The maximum absolute atomic E-state index is 12.4. The molecule has 1 fully saturated rings. The largest absolute Gasteiger partial charge is 0.483 e. The van der Waals surface area contributed by atoms with Gasteiger partial charge in [-0.15, -0.1) is 11.3 Å². The average Bonchev–Trinajstić information content (AvgIpc) is 3.10. The second-order valence-electron chi connectivity index (χ2n) is 6.45. The van der Waals surface area contributed by atoms with Gasteiger partial charge < -0.3 is 9.64 Å². The summed E-state index contributed by atoms with van der Waals surface area (Å²) >= 11 is 5.18. The van der Waals surface area contributed by atoms with E-state index in [9.17, 15) is 4.79 Å². The number of aromatic nitrogens is 1. The first-order chi connectivity index (χ1) is 13.2. The SMILES string of the molecule is O=C(COc1ccccc1Br)N1CCN(Cc2nc3ccccc3s2)CC1. The summed E-state index contributed by atoms with van der Waals surface area (Å²) in [6.45, 7) is 4.08. The van der Waals surface area contributed by atoms with E-state index in [2.05, 4.69) is 33.0 Å². The maximum Gasteiger partial charge on any atom is 0.260 e. The summed E-state index contributed by atoms with van der Waals surface area (Å²) in [5, 5.41) is 1.13. The van der Waals surface area contributed by atoms with E-state index in [1.54, 1.807) is 11.3 Å². The molecule has 0 saturated carbocycles. The molecule has 1 amide bonds. The monoisotopic (exact) mass is 445 g/mol. The number of para-hydroxylation sites is 2. The Balaban J connectivity index is 1.27. The Kier molecular flexibility index (Phi) is 5.71. The molecule has 0 aliphatic carbocycles. The molecular weight excluding hydrogens is 426 g/mol. The molecule has 140 valence electrons. The fourth-order valence-electron chi connectivity index (χ4n) is 3.13. The molecule has 4 rings (SSSR count). The van der Waals surface area contributed by atoms with E-state index < -0.39 is 0 Å². The van der Waals surface area contributed by atoms with E-state index in [4.69, 9.17) is 9.72 Å². The minimum Gasteiger partial charge on any atom is -0.483 e. The van der Waals surface area contributed by atoms with Gasteiger partial charge in [-0.2, -0.15) is 0 Å². The van der Waals surface area contributed by atoms with Crippen LogP contribution in [0, 0.1) is 0 Å². The molecule has 1 aliphatic heterocycles. The third-order valence-electron chi connectivity index (χ3n) is 4.61. The number of nitrogens with zero attached hydrogens (tertiary/aromatic N) is 3. The molecule has 0 bridgehead atoms. The average molecular weight is 446 g/mol. The zero-order valence-corrected chi connectivity index (χ0v) is 17.2. The fraction of sp³-hybridized carbons (Fsp3) is 0.300. The van der Waals surface area contributed by atoms with Gasteiger partial charge in [-0.3, -0.25) is 9.69 Å². The summed E-state index contributed by atoms with van der Waals surface area (Å²) in [5.74, 6) is 0.728. The zero-order chi connectivity index (χ0) is 18.6. The lowest BCUT2D eigenvalue weighted by molar-refractivity contribution is -0.135. The molecule has 0 N–H and O–H groups in total. The molecule has 2 heterocycles. The number of piperazine rings is 1. The number of hydrogen-bond acceptors (Lipinski definition) is 5. The Morgan fingerprint density at radius 1 is 1.07 bits per heavy atom. The summed E-state index contributed by atoms with van der Waals surface area (Å²) < 4.78 is 7.73. The van der Waals surface area contributed by atoms with Gasteiger partial charge in [-0.05, 0) is 40.2 Å². The first kappa shape index (κ1) is 18.4. The number of rotatable bonds is 5. The minimum absolute atomic E-state index is 0.0328. The zero-order valence-electron chi connectivity index (χ0n) is 14.8. The van der Waals surface area contributed by atoms with E-state index >= 15 is 0 Å². The quantitative estimate of drug-likeness (QED) is 0.599. The molecule has 0 atom stereocenters. The Morgan fingerprint density at radius 2 is 1.81 bits per heavy atom. The highest BCUT2D eigenvalue weighted by molar-refractivity contribution is 9.10. The number of benzene rings is 2. The summed E-state index contributed by atoms with van der Waals surface area (Å²) in [5.41, 5.74) is 1.07. The molecule has 1 aliphatic rings. The first-order valence-electron chi connectivity index (χ1n) is 8.91. The van der Waals surface area contributed by atoms with E-state index in [0.29, 0.717) is 5.75 Å². The fourth-order valence-corrected chi connectivity index (χ4v) is 4.54. The van der Waals surface area contributed by atoms with Gasteiger partial charge in [0, 0.05) is 26.2 Å². The Labute approximate surface area is 170 Å². The molecule has 27 heavy (non-hydrogen) atoms. The van der Waals surface area contributed by atoms with Crippen LogP contribution in [0.3, 0.4) is 0 Å². The second-order valence-corrected chi connectivity index (χ2v) is 8.42. The van der Waals surface area contributed by atoms with Crippen molar-refractivity contribution < 1.29 is 9.53 Å². The van der Waals surface area contributed by atoms with Gasteiger partial charge in [0.15, 0.2) is 6.61 Å². The van der Waals surface area contributed by atoms with Crippen molar-refractivity contribution in [2.45, 2.75) is 6.54 Å². The smallest absolute Gasteiger partial charge is 0.260 e. The number of carbonyl (C=O) groups is 1. The first-order valence-corrected chi connectivity index (χ1v) is 10.5. The van der Waals surface area contributed by atoms with Crippen molar-refractivity contribution in [2.24, 2.45) is 0 Å². The van der Waals surface area contributed by atoms with Crippen LogP contribution in [0.25, 0.3) is 10.2 Å². The van der Waals surface area contributed by atoms with Gasteiger partial charge in [0.2, 0.25) is 0 Å². The van der Waals surface area contributed by atoms with Crippen LogP contribution in [-0.4, -0.2) is 53.5 Å². The highest BCUT2D eigenvalue weighted by atomic mass is 79.9. The van der Waals surface area contributed by atoms with Crippen LogP contribution in [0.1, 0.15) is 5.01 Å². The van der Waals surface area contributed by atoms with Crippen molar-refractivity contribution in [2.75, 3.05) is 32.8 Å².